The zero-order valence-corrected chi connectivity index (χ0v) is 14.9. The number of nitrogens with zero attached hydrogens (tertiary/aromatic N) is 3. The number of hydrogen-bond acceptors (Lipinski definition) is 4. The maximum Gasteiger partial charge on any atom is 0.226 e. The Balaban J connectivity index is 0.00000208. The smallest absolute Gasteiger partial charge is 0.226 e. The van der Waals surface area contributed by atoms with Crippen LogP contribution >= 0.6 is 12.4 Å². The molecule has 1 aromatic heterocycles. The molecule has 1 amide bonds. The number of carbonyl (C=O) groups excluding carboxylic acids is 1. The third-order valence-corrected chi connectivity index (χ3v) is 4.26. The molecule has 0 saturated carbocycles. The molecular weight excluding hydrogens is 326 g/mol. The zero-order chi connectivity index (χ0) is 16.2. The first-order chi connectivity index (χ1) is 11.1. The summed E-state index contributed by atoms with van der Waals surface area (Å²) in [4.78, 5) is 12.2. The molecule has 1 atom stereocenters. The lowest BCUT2D eigenvalue weighted by atomic mass is 10.1. The summed E-state index contributed by atoms with van der Waals surface area (Å²) in [6.07, 6.45) is 2.41. The third-order valence-electron chi connectivity index (χ3n) is 4.26. The maximum atomic E-state index is 12.2. The van der Waals surface area contributed by atoms with Crippen molar-refractivity contribution in [2.45, 2.75) is 39.2 Å². The fourth-order valence-electron chi connectivity index (χ4n) is 2.86. The second-order valence-corrected chi connectivity index (χ2v) is 6.16. The van der Waals surface area contributed by atoms with Gasteiger partial charge < -0.3 is 10.6 Å². The van der Waals surface area contributed by atoms with Crippen molar-refractivity contribution >= 4 is 18.3 Å². The highest BCUT2D eigenvalue weighted by molar-refractivity contribution is 5.85. The van der Waals surface area contributed by atoms with E-state index in [4.69, 9.17) is 0 Å². The number of nitrogens with one attached hydrogen (secondary N) is 2. The summed E-state index contributed by atoms with van der Waals surface area (Å²) >= 11 is 0. The molecule has 130 valence electrons. The highest BCUT2D eigenvalue weighted by Gasteiger charge is 2.18. The topological polar surface area (TPSA) is 71.8 Å². The van der Waals surface area contributed by atoms with Crippen molar-refractivity contribution in [3.8, 4) is 5.69 Å². The van der Waals surface area contributed by atoms with Crippen LogP contribution in [0.1, 0.15) is 29.8 Å². The molecule has 1 aliphatic rings. The second kappa shape index (κ2) is 8.26. The van der Waals surface area contributed by atoms with E-state index in [1.165, 1.54) is 5.56 Å². The SMILES string of the molecule is Cc1ccc(-n2nnc(CC(=O)N[C@H]3CCCNC3)c2C)cc1.Cl. The molecule has 6 nitrogen and oxygen atoms in total. The number of piperidine rings is 1. The summed E-state index contributed by atoms with van der Waals surface area (Å²) in [5, 5.41) is 14.7. The molecule has 2 aromatic rings. The van der Waals surface area contributed by atoms with Crippen LogP contribution in [0.2, 0.25) is 0 Å². The van der Waals surface area contributed by atoms with Crippen molar-refractivity contribution in [1.29, 1.82) is 0 Å². The lowest BCUT2D eigenvalue weighted by Gasteiger charge is -2.23. The van der Waals surface area contributed by atoms with E-state index in [9.17, 15) is 4.79 Å². The molecule has 0 spiro atoms. The third kappa shape index (κ3) is 4.33. The highest BCUT2D eigenvalue weighted by Crippen LogP contribution is 2.13. The van der Waals surface area contributed by atoms with Crippen LogP contribution in [0.3, 0.4) is 0 Å². The van der Waals surface area contributed by atoms with Crippen molar-refractivity contribution in [2.75, 3.05) is 13.1 Å². The van der Waals surface area contributed by atoms with E-state index < -0.39 is 0 Å². The molecule has 0 bridgehead atoms. The Morgan fingerprint density at radius 3 is 2.75 bits per heavy atom. The van der Waals surface area contributed by atoms with Crippen LogP contribution in [0, 0.1) is 13.8 Å². The number of benzene rings is 1. The van der Waals surface area contributed by atoms with Gasteiger partial charge in [0.15, 0.2) is 0 Å². The van der Waals surface area contributed by atoms with Crippen molar-refractivity contribution in [2.24, 2.45) is 0 Å². The lowest BCUT2D eigenvalue weighted by Crippen LogP contribution is -2.46. The number of aryl methyl sites for hydroxylation is 1. The summed E-state index contributed by atoms with van der Waals surface area (Å²) in [5.41, 5.74) is 3.80. The molecule has 1 aromatic carbocycles. The Kier molecular flexibility index (Phi) is 6.34. The van der Waals surface area contributed by atoms with Gasteiger partial charge in [0.25, 0.3) is 0 Å². The first kappa shape index (κ1) is 18.4. The molecule has 3 rings (SSSR count). The molecule has 24 heavy (non-hydrogen) atoms. The summed E-state index contributed by atoms with van der Waals surface area (Å²) in [7, 11) is 0. The Hall–Kier alpha value is -1.92. The molecular formula is C17H24ClN5O. The minimum Gasteiger partial charge on any atom is -0.352 e. The van der Waals surface area contributed by atoms with Crippen LogP contribution in [0.25, 0.3) is 5.69 Å². The molecule has 0 unspecified atom stereocenters. The van der Waals surface area contributed by atoms with E-state index in [0.717, 1.165) is 43.0 Å². The molecule has 1 fully saturated rings. The fourth-order valence-corrected chi connectivity index (χ4v) is 2.86. The quantitative estimate of drug-likeness (QED) is 0.881. The van der Waals surface area contributed by atoms with E-state index in [2.05, 4.69) is 20.9 Å². The molecule has 1 aliphatic heterocycles. The second-order valence-electron chi connectivity index (χ2n) is 6.16. The zero-order valence-electron chi connectivity index (χ0n) is 14.1. The van der Waals surface area contributed by atoms with E-state index in [1.54, 1.807) is 4.68 Å². The van der Waals surface area contributed by atoms with Gasteiger partial charge in [0.2, 0.25) is 5.91 Å². The fraction of sp³-hybridized carbons (Fsp3) is 0.471. The van der Waals surface area contributed by atoms with Gasteiger partial charge in [-0.15, -0.1) is 17.5 Å². The van der Waals surface area contributed by atoms with Crippen molar-refractivity contribution in [3.63, 3.8) is 0 Å². The van der Waals surface area contributed by atoms with Crippen LogP contribution in [0.15, 0.2) is 24.3 Å². The number of halogens is 1. The predicted octanol–water partition coefficient (Wildman–Crippen LogP) is 1.72. The van der Waals surface area contributed by atoms with Gasteiger partial charge in [0, 0.05) is 12.6 Å². The average Bonchev–Trinajstić information content (AvgIpc) is 2.90. The number of hydrogen-bond donors (Lipinski definition) is 2. The highest BCUT2D eigenvalue weighted by atomic mass is 35.5. The molecule has 0 radical (unpaired) electrons. The monoisotopic (exact) mass is 349 g/mol. The Morgan fingerprint density at radius 1 is 1.33 bits per heavy atom. The minimum absolute atomic E-state index is 0. The summed E-state index contributed by atoms with van der Waals surface area (Å²) in [6, 6.07) is 8.32. The Labute approximate surface area is 148 Å². The molecule has 0 aliphatic carbocycles. The van der Waals surface area contributed by atoms with Gasteiger partial charge in [-0.05, 0) is 45.4 Å². The summed E-state index contributed by atoms with van der Waals surface area (Å²) in [6.45, 7) is 5.88. The van der Waals surface area contributed by atoms with Gasteiger partial charge >= 0.3 is 0 Å². The first-order valence-corrected chi connectivity index (χ1v) is 8.12. The van der Waals surface area contributed by atoms with Crippen molar-refractivity contribution < 1.29 is 4.79 Å². The van der Waals surface area contributed by atoms with E-state index in [1.807, 2.05) is 38.1 Å². The maximum absolute atomic E-state index is 12.2. The van der Waals surface area contributed by atoms with E-state index in [-0.39, 0.29) is 30.8 Å². The predicted molar refractivity (Wildman–Crippen MR) is 95.8 cm³/mol. The summed E-state index contributed by atoms with van der Waals surface area (Å²) in [5.74, 6) is 0.0118. The van der Waals surface area contributed by atoms with Crippen molar-refractivity contribution in [1.82, 2.24) is 25.6 Å². The molecule has 2 N–H and O–H groups in total. The molecule has 7 heteroatoms. The van der Waals surface area contributed by atoms with Crippen LogP contribution < -0.4 is 10.6 Å². The van der Waals surface area contributed by atoms with Gasteiger partial charge in [-0.2, -0.15) is 0 Å². The van der Waals surface area contributed by atoms with Gasteiger partial charge in [0.05, 0.1) is 23.5 Å². The Bertz CT molecular complexity index is 677. The first-order valence-electron chi connectivity index (χ1n) is 8.12. The average molecular weight is 350 g/mol. The summed E-state index contributed by atoms with van der Waals surface area (Å²) < 4.78 is 1.78. The van der Waals surface area contributed by atoms with Gasteiger partial charge in [-0.3, -0.25) is 4.79 Å². The number of amides is 1. The van der Waals surface area contributed by atoms with E-state index >= 15 is 0 Å². The van der Waals surface area contributed by atoms with Crippen LogP contribution in [0.5, 0.6) is 0 Å². The van der Waals surface area contributed by atoms with Crippen LogP contribution in [-0.2, 0) is 11.2 Å². The number of aromatic nitrogens is 3. The van der Waals surface area contributed by atoms with E-state index in [0.29, 0.717) is 0 Å². The Morgan fingerprint density at radius 2 is 2.08 bits per heavy atom. The van der Waals surface area contributed by atoms with Gasteiger partial charge in [0.1, 0.15) is 0 Å². The lowest BCUT2D eigenvalue weighted by molar-refractivity contribution is -0.121. The minimum atomic E-state index is 0. The van der Waals surface area contributed by atoms with Crippen LogP contribution in [0.4, 0.5) is 0 Å². The number of rotatable bonds is 4. The van der Waals surface area contributed by atoms with Crippen LogP contribution in [-0.4, -0.2) is 40.0 Å². The normalized spacial score (nSPS) is 17.2. The molecule has 2 heterocycles. The molecule has 1 saturated heterocycles. The van der Waals surface area contributed by atoms with Crippen molar-refractivity contribution in [3.05, 3.63) is 41.2 Å². The number of carbonyl (C=O) groups is 1. The van der Waals surface area contributed by atoms with Gasteiger partial charge in [-0.1, -0.05) is 22.9 Å². The largest absolute Gasteiger partial charge is 0.352 e. The standard InChI is InChI=1S/C17H23N5O.ClH/c1-12-5-7-15(8-6-12)22-13(2)16(20-21-22)10-17(23)19-14-4-3-9-18-11-14;/h5-8,14,18H,3-4,9-11H2,1-2H3,(H,19,23);1H/t14-;/m0./s1. The van der Waals surface area contributed by atoms with Gasteiger partial charge in [-0.25, -0.2) is 4.68 Å².